The molecule has 1 nitrogen and oxygen atoms in total. The van der Waals surface area contributed by atoms with Crippen molar-refractivity contribution in [2.45, 2.75) is 12.8 Å². The molecule has 0 unspecified atom stereocenters. The normalized spacial score (nSPS) is 11.4. The van der Waals surface area contributed by atoms with E-state index in [1.54, 1.807) is 0 Å². The molecule has 0 N–H and O–H groups in total. The lowest BCUT2D eigenvalue weighted by molar-refractivity contribution is -0.137. The minimum absolute atomic E-state index is 0.00196. The fraction of sp³-hybridized carbons (Fsp3) is 0.143. The van der Waals surface area contributed by atoms with Crippen LogP contribution >= 0.6 is 11.6 Å². The van der Waals surface area contributed by atoms with E-state index in [4.69, 9.17) is 16.3 Å². The van der Waals surface area contributed by atoms with E-state index in [0.717, 1.165) is 17.7 Å². The SMILES string of the molecule is FC(F)(F)c1cc(Cl)cc(OCc2ccccc2)c1. The molecule has 2 aromatic carbocycles. The summed E-state index contributed by atoms with van der Waals surface area (Å²) in [5.41, 5.74) is 0.0547. The molecular formula is C14H10ClF3O. The molecule has 0 saturated carbocycles. The first-order valence-electron chi connectivity index (χ1n) is 5.50. The topological polar surface area (TPSA) is 9.23 Å². The molecule has 5 heteroatoms. The molecule has 0 saturated heterocycles. The van der Waals surface area contributed by atoms with E-state index in [2.05, 4.69) is 0 Å². The standard InChI is InChI=1S/C14H10ClF3O/c15-12-6-11(14(16,17)18)7-13(8-12)19-9-10-4-2-1-3-5-10/h1-8H,9H2. The first-order valence-corrected chi connectivity index (χ1v) is 5.87. The molecule has 2 aromatic rings. The summed E-state index contributed by atoms with van der Waals surface area (Å²) in [6.07, 6.45) is -4.43. The lowest BCUT2D eigenvalue weighted by Gasteiger charge is -2.11. The van der Waals surface area contributed by atoms with Crippen molar-refractivity contribution in [3.8, 4) is 5.75 Å². The van der Waals surface area contributed by atoms with Gasteiger partial charge in [-0.1, -0.05) is 41.9 Å². The number of hydrogen-bond acceptors (Lipinski definition) is 1. The third-order valence-corrected chi connectivity index (χ3v) is 2.67. The highest BCUT2D eigenvalue weighted by Gasteiger charge is 2.31. The fourth-order valence-electron chi connectivity index (χ4n) is 1.55. The van der Waals surface area contributed by atoms with Crippen LogP contribution in [0.2, 0.25) is 5.02 Å². The molecule has 0 fully saturated rings. The van der Waals surface area contributed by atoms with Gasteiger partial charge in [0.1, 0.15) is 12.4 Å². The van der Waals surface area contributed by atoms with E-state index in [1.165, 1.54) is 6.07 Å². The second-order valence-electron chi connectivity index (χ2n) is 3.95. The molecule has 2 rings (SSSR count). The number of hydrogen-bond donors (Lipinski definition) is 0. The van der Waals surface area contributed by atoms with Gasteiger partial charge in [0, 0.05) is 5.02 Å². The Morgan fingerprint density at radius 2 is 1.68 bits per heavy atom. The molecule has 0 aromatic heterocycles. The largest absolute Gasteiger partial charge is 0.489 e. The summed E-state index contributed by atoms with van der Waals surface area (Å²) < 4.78 is 43.1. The van der Waals surface area contributed by atoms with E-state index >= 15 is 0 Å². The average Bonchev–Trinajstić information content (AvgIpc) is 2.36. The zero-order valence-corrected chi connectivity index (χ0v) is 10.5. The van der Waals surface area contributed by atoms with Crippen LogP contribution < -0.4 is 4.74 Å². The second-order valence-corrected chi connectivity index (χ2v) is 4.38. The summed E-state index contributed by atoms with van der Waals surface area (Å²) in [4.78, 5) is 0. The predicted octanol–water partition coefficient (Wildman–Crippen LogP) is 4.94. The maximum Gasteiger partial charge on any atom is 0.416 e. The number of halogens is 4. The van der Waals surface area contributed by atoms with Crippen LogP contribution in [-0.4, -0.2) is 0 Å². The van der Waals surface area contributed by atoms with Gasteiger partial charge in [-0.05, 0) is 23.8 Å². The van der Waals surface area contributed by atoms with Gasteiger partial charge in [0.2, 0.25) is 0 Å². The molecule has 19 heavy (non-hydrogen) atoms. The van der Waals surface area contributed by atoms with Crippen molar-refractivity contribution >= 4 is 11.6 Å². The molecule has 0 aliphatic heterocycles. The van der Waals surface area contributed by atoms with Crippen molar-refractivity contribution < 1.29 is 17.9 Å². The van der Waals surface area contributed by atoms with E-state index in [1.807, 2.05) is 30.3 Å². The Hall–Kier alpha value is -1.68. The highest BCUT2D eigenvalue weighted by molar-refractivity contribution is 6.30. The van der Waals surface area contributed by atoms with Crippen LogP contribution in [0.4, 0.5) is 13.2 Å². The maximum absolute atomic E-state index is 12.6. The Bertz CT molecular complexity index is 552. The van der Waals surface area contributed by atoms with Gasteiger partial charge in [-0.2, -0.15) is 13.2 Å². The highest BCUT2D eigenvalue weighted by Crippen LogP contribution is 2.34. The predicted molar refractivity (Wildman–Crippen MR) is 67.2 cm³/mol. The molecular weight excluding hydrogens is 277 g/mol. The Labute approximate surface area is 113 Å². The Morgan fingerprint density at radius 1 is 1.00 bits per heavy atom. The minimum atomic E-state index is -4.43. The summed E-state index contributed by atoms with van der Waals surface area (Å²) in [5.74, 6) is 0.101. The van der Waals surface area contributed by atoms with Gasteiger partial charge >= 0.3 is 6.18 Å². The summed E-state index contributed by atoms with van der Waals surface area (Å²) >= 11 is 5.66. The van der Waals surface area contributed by atoms with Crippen LogP contribution in [-0.2, 0) is 12.8 Å². The summed E-state index contributed by atoms with van der Waals surface area (Å²) in [6, 6.07) is 12.3. The third kappa shape index (κ3) is 3.89. The van der Waals surface area contributed by atoms with Gasteiger partial charge in [0.05, 0.1) is 5.56 Å². The Morgan fingerprint density at radius 3 is 2.32 bits per heavy atom. The molecule has 0 spiro atoms. The number of benzene rings is 2. The summed E-state index contributed by atoms with van der Waals surface area (Å²) in [7, 11) is 0. The van der Waals surface area contributed by atoms with Gasteiger partial charge < -0.3 is 4.74 Å². The van der Waals surface area contributed by atoms with Crippen molar-refractivity contribution in [2.24, 2.45) is 0 Å². The Kier molecular flexibility index (Phi) is 4.00. The third-order valence-electron chi connectivity index (χ3n) is 2.45. The second kappa shape index (κ2) is 5.53. The van der Waals surface area contributed by atoms with Crippen LogP contribution in [0.15, 0.2) is 48.5 Å². The van der Waals surface area contributed by atoms with Gasteiger partial charge in [0.15, 0.2) is 0 Å². The van der Waals surface area contributed by atoms with Crippen LogP contribution in [0, 0.1) is 0 Å². The van der Waals surface area contributed by atoms with E-state index in [0.29, 0.717) is 0 Å². The van der Waals surface area contributed by atoms with Crippen molar-refractivity contribution in [3.63, 3.8) is 0 Å². The minimum Gasteiger partial charge on any atom is -0.489 e. The monoisotopic (exact) mass is 286 g/mol. The number of rotatable bonds is 3. The first-order chi connectivity index (χ1) is 8.95. The van der Waals surface area contributed by atoms with Gasteiger partial charge in [-0.15, -0.1) is 0 Å². The zero-order chi connectivity index (χ0) is 13.9. The molecule has 0 heterocycles. The molecule has 0 amide bonds. The van der Waals surface area contributed by atoms with E-state index in [9.17, 15) is 13.2 Å². The fourth-order valence-corrected chi connectivity index (χ4v) is 1.78. The number of ether oxygens (including phenoxy) is 1. The quantitative estimate of drug-likeness (QED) is 0.777. The van der Waals surface area contributed by atoms with Crippen molar-refractivity contribution in [1.29, 1.82) is 0 Å². The van der Waals surface area contributed by atoms with Crippen molar-refractivity contribution in [1.82, 2.24) is 0 Å². The van der Waals surface area contributed by atoms with Crippen LogP contribution in [0.5, 0.6) is 5.75 Å². The first kappa shape index (κ1) is 13.7. The highest BCUT2D eigenvalue weighted by atomic mass is 35.5. The lowest BCUT2D eigenvalue weighted by atomic mass is 10.2. The van der Waals surface area contributed by atoms with Crippen LogP contribution in [0.25, 0.3) is 0 Å². The smallest absolute Gasteiger partial charge is 0.416 e. The zero-order valence-electron chi connectivity index (χ0n) is 9.75. The molecule has 100 valence electrons. The maximum atomic E-state index is 12.6. The number of alkyl halides is 3. The summed E-state index contributed by atoms with van der Waals surface area (Å²) in [5, 5.41) is -0.00196. The lowest BCUT2D eigenvalue weighted by Crippen LogP contribution is -2.05. The van der Waals surface area contributed by atoms with Gasteiger partial charge in [-0.3, -0.25) is 0 Å². The molecule has 0 aliphatic carbocycles. The van der Waals surface area contributed by atoms with Crippen LogP contribution in [0.1, 0.15) is 11.1 Å². The molecule has 0 atom stereocenters. The molecule has 0 radical (unpaired) electrons. The molecule has 0 aliphatic rings. The van der Waals surface area contributed by atoms with Crippen LogP contribution in [0.3, 0.4) is 0 Å². The van der Waals surface area contributed by atoms with Gasteiger partial charge in [0.25, 0.3) is 0 Å². The van der Waals surface area contributed by atoms with Crippen molar-refractivity contribution in [2.75, 3.05) is 0 Å². The summed E-state index contributed by atoms with van der Waals surface area (Å²) in [6.45, 7) is 0.193. The molecule has 0 bridgehead atoms. The van der Waals surface area contributed by atoms with Crippen molar-refractivity contribution in [3.05, 3.63) is 64.7 Å². The Balaban J connectivity index is 2.15. The average molecular weight is 287 g/mol. The van der Waals surface area contributed by atoms with E-state index < -0.39 is 11.7 Å². The van der Waals surface area contributed by atoms with E-state index in [-0.39, 0.29) is 17.4 Å². The van der Waals surface area contributed by atoms with Gasteiger partial charge in [-0.25, -0.2) is 0 Å².